The molecule has 0 amide bonds. The standard InChI is InChI=1S/C8H16O2/c1-7(6-9)5-8(2,3)10-4/h6-7H,5H2,1-4H3. The molecule has 0 aliphatic heterocycles. The van der Waals surface area contributed by atoms with Gasteiger partial charge in [0, 0.05) is 13.0 Å². The lowest BCUT2D eigenvalue weighted by molar-refractivity contribution is -0.112. The fourth-order valence-electron chi connectivity index (χ4n) is 0.907. The van der Waals surface area contributed by atoms with Crippen molar-refractivity contribution in [2.24, 2.45) is 5.92 Å². The van der Waals surface area contributed by atoms with Crippen molar-refractivity contribution in [2.75, 3.05) is 7.11 Å². The van der Waals surface area contributed by atoms with Crippen molar-refractivity contribution in [1.29, 1.82) is 0 Å². The fraction of sp³-hybridized carbons (Fsp3) is 0.875. The van der Waals surface area contributed by atoms with E-state index in [1.807, 2.05) is 20.8 Å². The van der Waals surface area contributed by atoms with E-state index in [1.54, 1.807) is 7.11 Å². The van der Waals surface area contributed by atoms with Gasteiger partial charge in [0.2, 0.25) is 0 Å². The van der Waals surface area contributed by atoms with Crippen LogP contribution in [-0.2, 0) is 9.53 Å². The van der Waals surface area contributed by atoms with Crippen LogP contribution in [0.1, 0.15) is 27.2 Å². The molecule has 1 unspecified atom stereocenters. The molecule has 2 nitrogen and oxygen atoms in total. The summed E-state index contributed by atoms with van der Waals surface area (Å²) in [6, 6.07) is 0. The van der Waals surface area contributed by atoms with Gasteiger partial charge in [-0.1, -0.05) is 6.92 Å². The Bertz CT molecular complexity index is 108. The van der Waals surface area contributed by atoms with Crippen molar-refractivity contribution in [3.05, 3.63) is 0 Å². The second-order valence-corrected chi connectivity index (χ2v) is 3.28. The van der Waals surface area contributed by atoms with E-state index in [0.29, 0.717) is 0 Å². The van der Waals surface area contributed by atoms with E-state index < -0.39 is 0 Å². The lowest BCUT2D eigenvalue weighted by Gasteiger charge is -2.23. The van der Waals surface area contributed by atoms with Crippen LogP contribution in [0, 0.1) is 5.92 Å². The monoisotopic (exact) mass is 144 g/mol. The Morgan fingerprint density at radius 3 is 2.40 bits per heavy atom. The zero-order valence-electron chi connectivity index (χ0n) is 7.18. The summed E-state index contributed by atoms with van der Waals surface area (Å²) < 4.78 is 5.15. The van der Waals surface area contributed by atoms with E-state index in [1.165, 1.54) is 0 Å². The average molecular weight is 144 g/mol. The van der Waals surface area contributed by atoms with Gasteiger partial charge >= 0.3 is 0 Å². The molecule has 0 aromatic heterocycles. The summed E-state index contributed by atoms with van der Waals surface area (Å²) in [6.07, 6.45) is 1.74. The molecular weight excluding hydrogens is 128 g/mol. The second kappa shape index (κ2) is 3.71. The fourth-order valence-corrected chi connectivity index (χ4v) is 0.907. The first-order valence-corrected chi connectivity index (χ1v) is 3.52. The highest BCUT2D eigenvalue weighted by Gasteiger charge is 2.19. The van der Waals surface area contributed by atoms with Crippen LogP contribution >= 0.6 is 0 Å². The number of carbonyl (C=O) groups is 1. The molecule has 0 aliphatic carbocycles. The third-order valence-electron chi connectivity index (χ3n) is 1.60. The van der Waals surface area contributed by atoms with E-state index in [-0.39, 0.29) is 11.5 Å². The van der Waals surface area contributed by atoms with Crippen LogP contribution in [0.5, 0.6) is 0 Å². The summed E-state index contributed by atoms with van der Waals surface area (Å²) in [5, 5.41) is 0. The van der Waals surface area contributed by atoms with Crippen molar-refractivity contribution in [1.82, 2.24) is 0 Å². The molecule has 60 valence electrons. The first-order chi connectivity index (χ1) is 4.52. The first-order valence-electron chi connectivity index (χ1n) is 3.52. The topological polar surface area (TPSA) is 26.3 Å². The number of ether oxygens (including phenoxy) is 1. The van der Waals surface area contributed by atoms with Gasteiger partial charge in [0.05, 0.1) is 5.60 Å². The third kappa shape index (κ3) is 3.62. The molecule has 0 saturated carbocycles. The lowest BCUT2D eigenvalue weighted by Crippen LogP contribution is -2.25. The van der Waals surface area contributed by atoms with E-state index >= 15 is 0 Å². The zero-order valence-corrected chi connectivity index (χ0v) is 7.18. The number of aldehydes is 1. The normalized spacial score (nSPS) is 14.8. The van der Waals surface area contributed by atoms with E-state index in [9.17, 15) is 4.79 Å². The lowest BCUT2D eigenvalue weighted by atomic mass is 9.96. The van der Waals surface area contributed by atoms with Crippen LogP contribution in [0.25, 0.3) is 0 Å². The smallest absolute Gasteiger partial charge is 0.122 e. The minimum absolute atomic E-state index is 0.0925. The number of methoxy groups -OCH3 is 1. The van der Waals surface area contributed by atoms with Gasteiger partial charge in [-0.05, 0) is 20.3 Å². The molecule has 10 heavy (non-hydrogen) atoms. The molecule has 0 rings (SSSR count). The summed E-state index contributed by atoms with van der Waals surface area (Å²) in [6.45, 7) is 5.85. The van der Waals surface area contributed by atoms with Crippen molar-refractivity contribution >= 4 is 6.29 Å². The van der Waals surface area contributed by atoms with Gasteiger partial charge in [0.25, 0.3) is 0 Å². The van der Waals surface area contributed by atoms with Crippen molar-refractivity contribution in [3.8, 4) is 0 Å². The second-order valence-electron chi connectivity index (χ2n) is 3.28. The molecule has 0 aromatic carbocycles. The minimum Gasteiger partial charge on any atom is -0.379 e. The summed E-state index contributed by atoms with van der Waals surface area (Å²) in [5.74, 6) is 0.0925. The van der Waals surface area contributed by atoms with Gasteiger partial charge in [0.15, 0.2) is 0 Å². The van der Waals surface area contributed by atoms with Crippen LogP contribution in [-0.4, -0.2) is 19.0 Å². The number of hydrogen-bond donors (Lipinski definition) is 0. The van der Waals surface area contributed by atoms with Crippen LogP contribution in [0.15, 0.2) is 0 Å². The highest BCUT2D eigenvalue weighted by molar-refractivity contribution is 5.52. The molecule has 0 saturated heterocycles. The summed E-state index contributed by atoms with van der Waals surface area (Å²) in [5.41, 5.74) is -0.166. The SMILES string of the molecule is COC(C)(C)CC(C)C=O. The Hall–Kier alpha value is -0.370. The molecular formula is C8H16O2. The van der Waals surface area contributed by atoms with Gasteiger partial charge in [-0.2, -0.15) is 0 Å². The van der Waals surface area contributed by atoms with Crippen molar-refractivity contribution in [2.45, 2.75) is 32.8 Å². The molecule has 0 heterocycles. The molecule has 0 bridgehead atoms. The van der Waals surface area contributed by atoms with Crippen LogP contribution < -0.4 is 0 Å². The van der Waals surface area contributed by atoms with Crippen molar-refractivity contribution < 1.29 is 9.53 Å². The predicted molar refractivity (Wildman–Crippen MR) is 40.9 cm³/mol. The molecule has 0 fully saturated rings. The van der Waals surface area contributed by atoms with E-state index in [0.717, 1.165) is 12.7 Å². The molecule has 0 N–H and O–H groups in total. The highest BCUT2D eigenvalue weighted by atomic mass is 16.5. The van der Waals surface area contributed by atoms with Gasteiger partial charge < -0.3 is 9.53 Å². The Kier molecular flexibility index (Phi) is 3.58. The van der Waals surface area contributed by atoms with Crippen molar-refractivity contribution in [3.63, 3.8) is 0 Å². The molecule has 0 aromatic rings. The molecule has 0 spiro atoms. The zero-order chi connectivity index (χ0) is 8.20. The molecule has 2 heteroatoms. The number of rotatable bonds is 4. The van der Waals surface area contributed by atoms with E-state index in [2.05, 4.69) is 0 Å². The quantitative estimate of drug-likeness (QED) is 0.561. The summed E-state index contributed by atoms with van der Waals surface area (Å²) >= 11 is 0. The molecule has 0 radical (unpaired) electrons. The average Bonchev–Trinajstić information content (AvgIpc) is 1.87. The van der Waals surface area contributed by atoms with Gasteiger partial charge in [-0.3, -0.25) is 0 Å². The first kappa shape index (κ1) is 9.63. The maximum Gasteiger partial charge on any atom is 0.122 e. The maximum atomic E-state index is 10.2. The predicted octanol–water partition coefficient (Wildman–Crippen LogP) is 1.64. The maximum absolute atomic E-state index is 10.2. The Morgan fingerprint density at radius 1 is 1.60 bits per heavy atom. The van der Waals surface area contributed by atoms with Gasteiger partial charge in [-0.15, -0.1) is 0 Å². The Morgan fingerprint density at radius 2 is 2.10 bits per heavy atom. The summed E-state index contributed by atoms with van der Waals surface area (Å²) in [4.78, 5) is 10.2. The number of hydrogen-bond acceptors (Lipinski definition) is 2. The molecule has 1 atom stereocenters. The highest BCUT2D eigenvalue weighted by Crippen LogP contribution is 2.17. The van der Waals surface area contributed by atoms with Gasteiger partial charge in [-0.25, -0.2) is 0 Å². The number of carbonyl (C=O) groups excluding carboxylic acids is 1. The minimum atomic E-state index is -0.166. The molecule has 0 aliphatic rings. The third-order valence-corrected chi connectivity index (χ3v) is 1.60. The van der Waals surface area contributed by atoms with Gasteiger partial charge in [0.1, 0.15) is 6.29 Å². The van der Waals surface area contributed by atoms with Crippen LogP contribution in [0.4, 0.5) is 0 Å². The Balaban J connectivity index is 3.75. The van der Waals surface area contributed by atoms with E-state index in [4.69, 9.17) is 4.74 Å². The largest absolute Gasteiger partial charge is 0.379 e. The van der Waals surface area contributed by atoms with Crippen LogP contribution in [0.3, 0.4) is 0 Å². The Labute approximate surface area is 62.6 Å². The van der Waals surface area contributed by atoms with Crippen LogP contribution in [0.2, 0.25) is 0 Å². The summed E-state index contributed by atoms with van der Waals surface area (Å²) in [7, 11) is 1.66.